The van der Waals surface area contributed by atoms with Crippen molar-refractivity contribution in [2.75, 3.05) is 18.5 Å². The first-order valence-corrected chi connectivity index (χ1v) is 11.5. The number of aryl methyl sites for hydroxylation is 2. The highest BCUT2D eigenvalue weighted by molar-refractivity contribution is 8.18. The predicted octanol–water partition coefficient (Wildman–Crippen LogP) is 5.53. The van der Waals surface area contributed by atoms with Gasteiger partial charge in [0.15, 0.2) is 0 Å². The molecule has 0 spiro atoms. The molecule has 0 bridgehead atoms. The Morgan fingerprint density at radius 2 is 1.79 bits per heavy atom. The van der Waals surface area contributed by atoms with Gasteiger partial charge in [0.1, 0.15) is 12.3 Å². The number of hydrogen-bond acceptors (Lipinski definition) is 5. The lowest BCUT2D eigenvalue weighted by atomic mass is 10.0. The van der Waals surface area contributed by atoms with Crippen LogP contribution in [0.1, 0.15) is 23.6 Å². The van der Waals surface area contributed by atoms with Crippen LogP contribution < -0.4 is 10.1 Å². The molecule has 33 heavy (non-hydrogen) atoms. The minimum absolute atomic E-state index is 0.261. The Kier molecular flexibility index (Phi) is 6.51. The lowest BCUT2D eigenvalue weighted by molar-refractivity contribution is -0.127. The fraction of sp³-hybridized carbons (Fsp3) is 0.192. The van der Waals surface area contributed by atoms with Crippen molar-refractivity contribution < 1.29 is 19.1 Å². The van der Waals surface area contributed by atoms with Gasteiger partial charge in [-0.25, -0.2) is 0 Å². The molecule has 0 aliphatic carbocycles. The fourth-order valence-electron chi connectivity index (χ4n) is 3.86. The van der Waals surface area contributed by atoms with Crippen molar-refractivity contribution in [2.45, 2.75) is 20.8 Å². The number of rotatable bonds is 6. The third-order valence-corrected chi connectivity index (χ3v) is 6.09. The summed E-state index contributed by atoms with van der Waals surface area (Å²) in [4.78, 5) is 39.4. The van der Waals surface area contributed by atoms with Crippen LogP contribution in [0.4, 0.5) is 10.5 Å². The number of imide groups is 1. The average molecular weight is 461 g/mol. The number of benzene rings is 3. The first-order chi connectivity index (χ1) is 15.9. The van der Waals surface area contributed by atoms with Crippen molar-refractivity contribution in [1.29, 1.82) is 0 Å². The summed E-state index contributed by atoms with van der Waals surface area (Å²) >= 11 is 0.828. The van der Waals surface area contributed by atoms with Crippen molar-refractivity contribution in [2.24, 2.45) is 0 Å². The van der Waals surface area contributed by atoms with Gasteiger partial charge in [-0.1, -0.05) is 36.4 Å². The second kappa shape index (κ2) is 9.50. The van der Waals surface area contributed by atoms with Crippen LogP contribution in [0.3, 0.4) is 0 Å². The Labute approximate surface area is 196 Å². The Hall–Kier alpha value is -3.58. The van der Waals surface area contributed by atoms with Gasteiger partial charge in [-0.3, -0.25) is 19.3 Å². The number of hydrogen-bond donors (Lipinski definition) is 1. The Balaban J connectivity index is 1.58. The van der Waals surface area contributed by atoms with Gasteiger partial charge in [0.25, 0.3) is 11.1 Å². The summed E-state index contributed by atoms with van der Waals surface area (Å²) in [6.45, 7) is 5.89. The van der Waals surface area contributed by atoms with Crippen molar-refractivity contribution in [1.82, 2.24) is 4.90 Å². The van der Waals surface area contributed by atoms with Gasteiger partial charge in [-0.05, 0) is 78.7 Å². The van der Waals surface area contributed by atoms with E-state index in [0.717, 1.165) is 44.1 Å². The molecule has 1 aliphatic rings. The third kappa shape index (κ3) is 4.93. The Morgan fingerprint density at radius 3 is 2.52 bits per heavy atom. The summed E-state index contributed by atoms with van der Waals surface area (Å²) in [6, 6.07) is 17.3. The first kappa shape index (κ1) is 22.6. The van der Waals surface area contributed by atoms with Crippen LogP contribution >= 0.6 is 11.8 Å². The van der Waals surface area contributed by atoms with Gasteiger partial charge in [-0.15, -0.1) is 0 Å². The molecule has 3 amide bonds. The van der Waals surface area contributed by atoms with Gasteiger partial charge in [0.2, 0.25) is 5.91 Å². The van der Waals surface area contributed by atoms with Crippen molar-refractivity contribution in [3.8, 4) is 5.75 Å². The number of carbonyl (C=O) groups is 3. The molecule has 1 fully saturated rings. The Morgan fingerprint density at radius 1 is 1.06 bits per heavy atom. The zero-order chi connectivity index (χ0) is 23.5. The molecule has 0 radical (unpaired) electrons. The second-order valence-corrected chi connectivity index (χ2v) is 8.82. The van der Waals surface area contributed by atoms with Gasteiger partial charge in [0, 0.05) is 11.3 Å². The lowest BCUT2D eigenvalue weighted by Gasteiger charge is -2.13. The van der Waals surface area contributed by atoms with Crippen LogP contribution in [0.15, 0.2) is 59.5 Å². The molecule has 0 saturated carbocycles. The summed E-state index contributed by atoms with van der Waals surface area (Å²) in [7, 11) is 0. The van der Waals surface area contributed by atoms with Gasteiger partial charge in [-0.2, -0.15) is 0 Å². The van der Waals surface area contributed by atoms with E-state index in [1.807, 2.05) is 75.4 Å². The molecule has 1 saturated heterocycles. The number of thioether (sulfide) groups is 1. The van der Waals surface area contributed by atoms with Crippen LogP contribution in [-0.2, 0) is 9.59 Å². The molecule has 0 aromatic heterocycles. The van der Waals surface area contributed by atoms with E-state index in [1.165, 1.54) is 0 Å². The number of amides is 3. The van der Waals surface area contributed by atoms with E-state index in [4.69, 9.17) is 4.74 Å². The molecular formula is C26H24N2O4S. The van der Waals surface area contributed by atoms with E-state index in [9.17, 15) is 14.4 Å². The quantitative estimate of drug-likeness (QED) is 0.490. The maximum atomic E-state index is 13.0. The lowest BCUT2D eigenvalue weighted by Crippen LogP contribution is -2.36. The zero-order valence-electron chi connectivity index (χ0n) is 18.7. The van der Waals surface area contributed by atoms with Crippen molar-refractivity contribution in [3.05, 3.63) is 76.2 Å². The molecule has 168 valence electrons. The van der Waals surface area contributed by atoms with Gasteiger partial charge < -0.3 is 10.1 Å². The van der Waals surface area contributed by atoms with E-state index < -0.39 is 17.1 Å². The molecule has 7 heteroatoms. The first-order valence-electron chi connectivity index (χ1n) is 10.6. The van der Waals surface area contributed by atoms with E-state index in [2.05, 4.69) is 5.32 Å². The molecule has 3 aromatic rings. The summed E-state index contributed by atoms with van der Waals surface area (Å²) in [6.07, 6.45) is 1.68. The predicted molar refractivity (Wildman–Crippen MR) is 132 cm³/mol. The number of ether oxygens (including phenoxy) is 1. The maximum absolute atomic E-state index is 13.0. The van der Waals surface area contributed by atoms with Gasteiger partial charge in [0.05, 0.1) is 11.5 Å². The van der Waals surface area contributed by atoms with Crippen molar-refractivity contribution >= 4 is 51.4 Å². The van der Waals surface area contributed by atoms with Crippen LogP contribution in [0.25, 0.3) is 16.8 Å². The smallest absolute Gasteiger partial charge is 0.294 e. The molecule has 1 N–H and O–H groups in total. The van der Waals surface area contributed by atoms with Crippen LogP contribution in [0, 0.1) is 13.8 Å². The van der Waals surface area contributed by atoms with E-state index in [1.54, 1.807) is 6.08 Å². The normalized spacial score (nSPS) is 14.9. The maximum Gasteiger partial charge on any atom is 0.294 e. The van der Waals surface area contributed by atoms with E-state index in [0.29, 0.717) is 18.0 Å². The number of fused-ring (bicyclic) bond motifs is 1. The number of nitrogens with zero attached hydrogens (tertiary/aromatic N) is 1. The highest BCUT2D eigenvalue weighted by Crippen LogP contribution is 2.36. The minimum atomic E-state index is -0.490. The molecule has 3 aromatic carbocycles. The minimum Gasteiger partial charge on any atom is -0.493 e. The largest absolute Gasteiger partial charge is 0.493 e. The SMILES string of the molecule is CCOc1ccc2ccccc2c1/C=C1/SC(=O)N(CC(=O)Nc2cc(C)cc(C)c2)C1=O. The highest BCUT2D eigenvalue weighted by atomic mass is 32.2. The molecule has 4 rings (SSSR count). The highest BCUT2D eigenvalue weighted by Gasteiger charge is 2.36. The summed E-state index contributed by atoms with van der Waals surface area (Å²) in [5.41, 5.74) is 3.40. The van der Waals surface area contributed by atoms with E-state index >= 15 is 0 Å². The molecule has 1 heterocycles. The van der Waals surface area contributed by atoms with Crippen LogP contribution in [-0.4, -0.2) is 35.1 Å². The third-order valence-electron chi connectivity index (χ3n) is 5.19. The standard InChI is InChI=1S/C26H24N2O4S/c1-4-32-22-10-9-18-7-5-6-8-20(18)21(22)14-23-25(30)28(26(31)33-23)15-24(29)27-19-12-16(2)11-17(3)13-19/h5-14H,4,15H2,1-3H3,(H,27,29)/b23-14+. The molecule has 6 nitrogen and oxygen atoms in total. The number of anilines is 1. The monoisotopic (exact) mass is 460 g/mol. The molecule has 1 aliphatic heterocycles. The van der Waals surface area contributed by atoms with Crippen molar-refractivity contribution in [3.63, 3.8) is 0 Å². The second-order valence-electron chi connectivity index (χ2n) is 7.82. The topological polar surface area (TPSA) is 75.7 Å². The zero-order valence-corrected chi connectivity index (χ0v) is 19.5. The molecular weight excluding hydrogens is 436 g/mol. The number of carbonyl (C=O) groups excluding carboxylic acids is 3. The van der Waals surface area contributed by atoms with Gasteiger partial charge >= 0.3 is 0 Å². The fourth-order valence-corrected chi connectivity index (χ4v) is 4.68. The van der Waals surface area contributed by atoms with Crippen LogP contribution in [0.5, 0.6) is 5.75 Å². The Bertz CT molecular complexity index is 1280. The van der Waals surface area contributed by atoms with E-state index in [-0.39, 0.29) is 11.4 Å². The molecule has 0 unspecified atom stereocenters. The summed E-state index contributed by atoms with van der Waals surface area (Å²) in [5, 5.41) is 4.22. The summed E-state index contributed by atoms with van der Waals surface area (Å²) < 4.78 is 5.77. The summed E-state index contributed by atoms with van der Waals surface area (Å²) in [5.74, 6) is -0.282. The number of nitrogens with one attached hydrogen (secondary N) is 1. The van der Waals surface area contributed by atoms with Crippen LogP contribution in [0.2, 0.25) is 0 Å². The average Bonchev–Trinajstić information content (AvgIpc) is 3.02. The molecule has 0 atom stereocenters.